The highest BCUT2D eigenvalue weighted by Gasteiger charge is 2.41. The lowest BCUT2D eigenvalue weighted by Crippen LogP contribution is -2.38. The normalized spacial score (nSPS) is 16.7. The molecule has 0 saturated carbocycles. The fourth-order valence-corrected chi connectivity index (χ4v) is 5.32. The average Bonchev–Trinajstić information content (AvgIpc) is 3.64. The van der Waals surface area contributed by atoms with E-state index in [1.54, 1.807) is 24.4 Å². The van der Waals surface area contributed by atoms with Crippen LogP contribution in [0.1, 0.15) is 43.5 Å². The number of nitrogens with one attached hydrogen (secondary N) is 3. The number of ether oxygens (including phenoxy) is 2. The number of para-hydroxylation sites is 1. The molecule has 0 aliphatic carbocycles. The minimum Gasteiger partial charge on any atom is -0.439 e. The van der Waals surface area contributed by atoms with Gasteiger partial charge in [-0.1, -0.05) is 44.2 Å². The van der Waals surface area contributed by atoms with Crippen LogP contribution in [-0.4, -0.2) is 43.1 Å². The van der Waals surface area contributed by atoms with Gasteiger partial charge in [-0.05, 0) is 53.8 Å². The van der Waals surface area contributed by atoms with E-state index in [-0.39, 0.29) is 12.3 Å². The van der Waals surface area contributed by atoms with Crippen molar-refractivity contribution in [2.75, 3.05) is 11.9 Å². The Bertz CT molecular complexity index is 1610. The lowest BCUT2D eigenvalue weighted by Gasteiger charge is -2.36. The number of fused-ring (bicyclic) bond motifs is 3. The molecule has 0 bridgehead atoms. The molecule has 5 aromatic rings. The van der Waals surface area contributed by atoms with E-state index in [4.69, 9.17) is 9.47 Å². The number of hydrogen-bond acceptors (Lipinski definition) is 7. The van der Waals surface area contributed by atoms with Crippen LogP contribution in [0.15, 0.2) is 60.8 Å². The van der Waals surface area contributed by atoms with Gasteiger partial charge in [-0.15, -0.1) is 10.2 Å². The van der Waals surface area contributed by atoms with E-state index in [1.165, 1.54) is 16.5 Å². The average molecular weight is 524 g/mol. The summed E-state index contributed by atoms with van der Waals surface area (Å²) in [7, 11) is 0. The number of aromatic amines is 2. The second-order valence-corrected chi connectivity index (χ2v) is 9.59. The van der Waals surface area contributed by atoms with Crippen molar-refractivity contribution in [1.29, 1.82) is 0 Å². The summed E-state index contributed by atoms with van der Waals surface area (Å²) in [6, 6.07) is 17.2. The Kier molecular flexibility index (Phi) is 6.54. The van der Waals surface area contributed by atoms with Crippen molar-refractivity contribution in [1.82, 2.24) is 30.6 Å². The number of anilines is 1. The van der Waals surface area contributed by atoms with Gasteiger partial charge in [-0.3, -0.25) is 4.79 Å². The highest BCUT2D eigenvalue weighted by Crippen LogP contribution is 2.42. The van der Waals surface area contributed by atoms with Gasteiger partial charge in [-0.25, -0.2) is 4.98 Å². The lowest BCUT2D eigenvalue weighted by molar-refractivity contribution is -0.128. The second kappa shape index (κ2) is 10.3. The summed E-state index contributed by atoms with van der Waals surface area (Å²) in [6.45, 7) is 4.80. The van der Waals surface area contributed by atoms with Crippen molar-refractivity contribution < 1.29 is 14.3 Å². The first kappa shape index (κ1) is 24.7. The molecule has 0 spiro atoms. The van der Waals surface area contributed by atoms with Gasteiger partial charge in [0, 0.05) is 22.5 Å². The fraction of sp³-hybridized carbons (Fsp3) is 0.276. The summed E-state index contributed by atoms with van der Waals surface area (Å²) in [5.74, 6) is 1.32. The first-order valence-corrected chi connectivity index (χ1v) is 13.1. The molecule has 198 valence electrons. The van der Waals surface area contributed by atoms with Crippen molar-refractivity contribution in [2.24, 2.45) is 0 Å². The largest absolute Gasteiger partial charge is 0.439 e. The molecule has 6 rings (SSSR count). The highest BCUT2D eigenvalue weighted by molar-refractivity contribution is 5.92. The van der Waals surface area contributed by atoms with E-state index in [0.717, 1.165) is 29.6 Å². The topological polar surface area (TPSA) is 131 Å². The molecule has 4 heterocycles. The molecule has 0 radical (unpaired) electrons. The van der Waals surface area contributed by atoms with E-state index < -0.39 is 5.60 Å². The minimum absolute atomic E-state index is 0.137. The molecule has 0 fully saturated rings. The SMILES string of the molecule is CCc1cccc2c3c([nH]c12)C(CC)(CC(=O)Nc1ccc(Oc2cccc(-c4nn[nH]n4)c2)nc1)OCC3. The molecule has 1 aliphatic rings. The first-order chi connectivity index (χ1) is 19.1. The maximum absolute atomic E-state index is 13.2. The lowest BCUT2D eigenvalue weighted by atomic mass is 9.86. The number of amides is 1. The van der Waals surface area contributed by atoms with E-state index >= 15 is 0 Å². The van der Waals surface area contributed by atoms with Crippen LogP contribution < -0.4 is 10.1 Å². The van der Waals surface area contributed by atoms with Crippen LogP contribution in [0.2, 0.25) is 0 Å². The van der Waals surface area contributed by atoms with Gasteiger partial charge in [0.05, 0.1) is 30.6 Å². The quantitative estimate of drug-likeness (QED) is 0.251. The number of hydrogen-bond donors (Lipinski definition) is 3. The summed E-state index contributed by atoms with van der Waals surface area (Å²) < 4.78 is 12.2. The molecule has 3 aromatic heterocycles. The molecule has 3 N–H and O–H groups in total. The van der Waals surface area contributed by atoms with E-state index in [2.05, 4.69) is 68.0 Å². The number of nitrogens with zero attached hydrogens (tertiary/aromatic N) is 4. The number of pyridine rings is 1. The minimum atomic E-state index is -0.706. The van der Waals surface area contributed by atoms with Crippen LogP contribution in [0, 0.1) is 0 Å². The second-order valence-electron chi connectivity index (χ2n) is 9.59. The number of H-pyrrole nitrogens is 2. The molecular formula is C29H29N7O3. The number of aryl methyl sites for hydroxylation is 1. The summed E-state index contributed by atoms with van der Waals surface area (Å²) in [4.78, 5) is 21.2. The molecule has 1 atom stereocenters. The predicted molar refractivity (Wildman–Crippen MR) is 146 cm³/mol. The van der Waals surface area contributed by atoms with Crippen molar-refractivity contribution >= 4 is 22.5 Å². The van der Waals surface area contributed by atoms with Gasteiger partial charge in [0.15, 0.2) is 0 Å². The van der Waals surface area contributed by atoms with E-state index in [9.17, 15) is 4.79 Å². The van der Waals surface area contributed by atoms with Gasteiger partial charge in [0.25, 0.3) is 0 Å². The first-order valence-electron chi connectivity index (χ1n) is 13.1. The molecule has 0 saturated heterocycles. The molecule has 1 unspecified atom stereocenters. The Balaban J connectivity index is 1.16. The van der Waals surface area contributed by atoms with Gasteiger partial charge in [-0.2, -0.15) is 5.21 Å². The van der Waals surface area contributed by atoms with Crippen molar-refractivity contribution in [3.8, 4) is 23.0 Å². The molecule has 10 nitrogen and oxygen atoms in total. The summed E-state index contributed by atoms with van der Waals surface area (Å²) in [6.07, 6.45) is 4.23. The standard InChI is InChI=1S/C29H29N7O3/c1-3-18-7-6-10-22-23-13-14-38-29(4-2,27(23)32-26(18)22)16-24(37)31-20-11-12-25(30-17-20)39-21-9-5-8-19(15-21)28-33-35-36-34-28/h5-12,15,17,32H,3-4,13-14,16H2,1-2H3,(H,31,37)(H,33,34,35,36). The Morgan fingerprint density at radius 3 is 2.82 bits per heavy atom. The number of aromatic nitrogens is 6. The molecule has 1 aliphatic heterocycles. The maximum atomic E-state index is 13.2. The van der Waals surface area contributed by atoms with E-state index in [0.29, 0.717) is 36.2 Å². The smallest absolute Gasteiger partial charge is 0.227 e. The number of rotatable bonds is 8. The Hall–Kier alpha value is -4.57. The van der Waals surface area contributed by atoms with Crippen LogP contribution in [0.3, 0.4) is 0 Å². The Morgan fingerprint density at radius 2 is 2.05 bits per heavy atom. The summed E-state index contributed by atoms with van der Waals surface area (Å²) in [5, 5.41) is 18.2. The van der Waals surface area contributed by atoms with Crippen LogP contribution in [-0.2, 0) is 28.0 Å². The van der Waals surface area contributed by atoms with Crippen molar-refractivity contribution in [3.63, 3.8) is 0 Å². The molecule has 1 amide bonds. The summed E-state index contributed by atoms with van der Waals surface area (Å²) >= 11 is 0. The third-order valence-corrected chi connectivity index (χ3v) is 7.29. The van der Waals surface area contributed by atoms with Crippen LogP contribution in [0.25, 0.3) is 22.3 Å². The van der Waals surface area contributed by atoms with Crippen LogP contribution >= 0.6 is 0 Å². The maximum Gasteiger partial charge on any atom is 0.227 e. The third kappa shape index (κ3) is 4.74. The summed E-state index contributed by atoms with van der Waals surface area (Å²) in [5.41, 5.74) is 5.34. The van der Waals surface area contributed by atoms with Crippen molar-refractivity contribution in [3.05, 3.63) is 77.6 Å². The molecule has 10 heteroatoms. The van der Waals surface area contributed by atoms with Crippen molar-refractivity contribution in [2.45, 2.75) is 45.1 Å². The monoisotopic (exact) mass is 523 g/mol. The van der Waals surface area contributed by atoms with Crippen LogP contribution in [0.4, 0.5) is 5.69 Å². The Labute approximate surface area is 225 Å². The molecule has 2 aromatic carbocycles. The zero-order chi connectivity index (χ0) is 26.8. The zero-order valence-electron chi connectivity index (χ0n) is 21.8. The fourth-order valence-electron chi connectivity index (χ4n) is 5.32. The highest BCUT2D eigenvalue weighted by atomic mass is 16.5. The van der Waals surface area contributed by atoms with Crippen LogP contribution in [0.5, 0.6) is 11.6 Å². The van der Waals surface area contributed by atoms with Gasteiger partial charge in [0.1, 0.15) is 11.4 Å². The van der Waals surface area contributed by atoms with Gasteiger partial charge in [0.2, 0.25) is 17.6 Å². The predicted octanol–water partition coefficient (Wildman–Crippen LogP) is 5.30. The molecular weight excluding hydrogens is 494 g/mol. The Morgan fingerprint density at radius 1 is 1.15 bits per heavy atom. The van der Waals surface area contributed by atoms with Gasteiger partial charge >= 0.3 is 0 Å². The third-order valence-electron chi connectivity index (χ3n) is 7.29. The van der Waals surface area contributed by atoms with E-state index in [1.807, 2.05) is 18.2 Å². The number of tetrazole rings is 1. The van der Waals surface area contributed by atoms with Gasteiger partial charge < -0.3 is 19.8 Å². The molecule has 39 heavy (non-hydrogen) atoms. The zero-order valence-corrected chi connectivity index (χ0v) is 21.8. The number of benzene rings is 2. The number of carbonyl (C=O) groups is 1. The number of carbonyl (C=O) groups excluding carboxylic acids is 1.